The summed E-state index contributed by atoms with van der Waals surface area (Å²) >= 11 is 9.06. The molecule has 2 rings (SSSR count). The van der Waals surface area contributed by atoms with Gasteiger partial charge in [0, 0.05) is 45.6 Å². The first kappa shape index (κ1) is 14.4. The lowest BCUT2D eigenvalue weighted by atomic mass is 9.86. The molecule has 0 heterocycles. The summed E-state index contributed by atoms with van der Waals surface area (Å²) in [5.41, 5.74) is 5.16. The Labute approximate surface area is 120 Å². The number of Topliss-reactive ketones (excluding diaryl/α,β-unsaturated/α-hetero) is 1. The molecule has 0 aromatic heterocycles. The number of carbonyl (C=O) groups is 1. The highest BCUT2D eigenvalue weighted by molar-refractivity contribution is 9.93. The van der Waals surface area contributed by atoms with Crippen LogP contribution in [0.25, 0.3) is 0 Å². The summed E-state index contributed by atoms with van der Waals surface area (Å²) in [5.74, 6) is 0.377. The minimum Gasteiger partial charge on any atom is -0.299 e. The number of hydrogen-bond donors (Lipinski definition) is 0. The third-order valence-electron chi connectivity index (χ3n) is 3.11. The van der Waals surface area contributed by atoms with Gasteiger partial charge in [0.05, 0.1) is 0 Å². The maximum atomic E-state index is 11.4. The molecule has 0 saturated carbocycles. The fraction of sp³-hybridized carbons (Fsp3) is 0.417. The third-order valence-corrected chi connectivity index (χ3v) is 3.93. The summed E-state index contributed by atoms with van der Waals surface area (Å²) in [4.78, 5) is 11.4. The molecular formula is C12H13Br3O. The van der Waals surface area contributed by atoms with Crippen molar-refractivity contribution in [3.8, 4) is 0 Å². The van der Waals surface area contributed by atoms with Crippen molar-refractivity contribution in [3.63, 3.8) is 0 Å². The van der Waals surface area contributed by atoms with Crippen LogP contribution in [0.3, 0.4) is 0 Å². The molecule has 16 heavy (non-hydrogen) atoms. The number of carbonyl (C=O) groups excluding carboxylic acids is 1. The molecule has 0 spiro atoms. The zero-order valence-electron chi connectivity index (χ0n) is 9.24. The second kappa shape index (κ2) is 6.31. The van der Waals surface area contributed by atoms with Crippen LogP contribution in [0.15, 0.2) is 10.5 Å². The van der Waals surface area contributed by atoms with Gasteiger partial charge in [0.2, 0.25) is 0 Å². The topological polar surface area (TPSA) is 17.1 Å². The van der Waals surface area contributed by atoms with Gasteiger partial charge in [-0.2, -0.15) is 0 Å². The van der Waals surface area contributed by atoms with E-state index in [0.29, 0.717) is 18.6 Å². The van der Waals surface area contributed by atoms with E-state index in [9.17, 15) is 4.79 Å². The molecule has 1 aliphatic carbocycles. The lowest BCUT2D eigenvalue weighted by Crippen LogP contribution is -2.15. The van der Waals surface area contributed by atoms with Crippen LogP contribution in [0.1, 0.15) is 28.7 Å². The van der Waals surface area contributed by atoms with Gasteiger partial charge in [-0.3, -0.25) is 4.79 Å². The zero-order valence-corrected chi connectivity index (χ0v) is 14.0. The van der Waals surface area contributed by atoms with Crippen molar-refractivity contribution in [2.75, 3.05) is 0 Å². The van der Waals surface area contributed by atoms with Gasteiger partial charge in [0.25, 0.3) is 0 Å². The highest BCUT2D eigenvalue weighted by Crippen LogP contribution is 2.30. The molecule has 0 bridgehead atoms. The maximum Gasteiger partial charge on any atom is 0.137 e. The Morgan fingerprint density at radius 1 is 1.12 bits per heavy atom. The third kappa shape index (κ3) is 2.96. The Morgan fingerprint density at radius 3 is 2.38 bits per heavy atom. The first-order chi connectivity index (χ1) is 7.59. The Bertz CT molecular complexity index is 413. The van der Waals surface area contributed by atoms with Gasteiger partial charge < -0.3 is 0 Å². The summed E-state index contributed by atoms with van der Waals surface area (Å²) in [7, 11) is 0. The summed E-state index contributed by atoms with van der Waals surface area (Å²) in [6, 6.07) is 2.17. The molecule has 0 fully saturated rings. The van der Waals surface area contributed by atoms with Gasteiger partial charge in [-0.15, -0.1) is 0 Å². The molecule has 0 unspecified atom stereocenters. The average molecular weight is 413 g/mol. The SMILES string of the molecule is BrBr.Cc1c(Br)cc2c(c1C)CC(=O)CC2. The molecule has 0 atom stereocenters. The van der Waals surface area contributed by atoms with Crippen LogP contribution >= 0.6 is 44.2 Å². The zero-order chi connectivity index (χ0) is 12.3. The van der Waals surface area contributed by atoms with Crippen LogP contribution < -0.4 is 0 Å². The van der Waals surface area contributed by atoms with E-state index >= 15 is 0 Å². The highest BCUT2D eigenvalue weighted by atomic mass is 80.9. The van der Waals surface area contributed by atoms with Crippen molar-refractivity contribution in [2.24, 2.45) is 0 Å². The minimum absolute atomic E-state index is 0.377. The van der Waals surface area contributed by atoms with Crippen molar-refractivity contribution in [3.05, 3.63) is 32.8 Å². The van der Waals surface area contributed by atoms with Crippen molar-refractivity contribution < 1.29 is 4.79 Å². The summed E-state index contributed by atoms with van der Waals surface area (Å²) in [5, 5.41) is 0. The lowest BCUT2D eigenvalue weighted by Gasteiger charge is -2.19. The Kier molecular flexibility index (Phi) is 5.68. The number of rotatable bonds is 0. The van der Waals surface area contributed by atoms with E-state index < -0.39 is 0 Å². The van der Waals surface area contributed by atoms with Gasteiger partial charge in [-0.1, -0.05) is 15.9 Å². The van der Waals surface area contributed by atoms with Crippen molar-refractivity contribution in [1.82, 2.24) is 0 Å². The molecule has 1 aromatic rings. The van der Waals surface area contributed by atoms with Crippen molar-refractivity contribution in [2.45, 2.75) is 33.1 Å². The van der Waals surface area contributed by atoms with Gasteiger partial charge in [0.1, 0.15) is 5.78 Å². The smallest absolute Gasteiger partial charge is 0.137 e. The number of halogens is 3. The summed E-state index contributed by atoms with van der Waals surface area (Å²) in [6.07, 6.45) is 2.26. The monoisotopic (exact) mass is 410 g/mol. The molecule has 4 heteroatoms. The summed E-state index contributed by atoms with van der Waals surface area (Å²) in [6.45, 7) is 4.20. The minimum atomic E-state index is 0.377. The number of ketones is 1. The van der Waals surface area contributed by atoms with Crippen LogP contribution in [-0.4, -0.2) is 5.78 Å². The van der Waals surface area contributed by atoms with E-state index in [2.05, 4.69) is 64.1 Å². The molecule has 0 radical (unpaired) electrons. The van der Waals surface area contributed by atoms with E-state index in [0.717, 1.165) is 6.42 Å². The summed E-state index contributed by atoms with van der Waals surface area (Å²) < 4.78 is 1.17. The number of benzene rings is 1. The van der Waals surface area contributed by atoms with Gasteiger partial charge >= 0.3 is 0 Å². The van der Waals surface area contributed by atoms with Gasteiger partial charge in [0.15, 0.2) is 0 Å². The molecule has 1 nitrogen and oxygen atoms in total. The van der Waals surface area contributed by atoms with E-state index in [1.54, 1.807) is 0 Å². The molecule has 0 N–H and O–H groups in total. The number of aryl methyl sites for hydroxylation is 1. The van der Waals surface area contributed by atoms with Gasteiger partial charge in [-0.05, 0) is 48.6 Å². The lowest BCUT2D eigenvalue weighted by molar-refractivity contribution is -0.118. The van der Waals surface area contributed by atoms with Crippen molar-refractivity contribution >= 4 is 50.0 Å². The molecule has 1 aromatic carbocycles. The molecule has 0 aliphatic heterocycles. The first-order valence-electron chi connectivity index (χ1n) is 5.03. The standard InChI is InChI=1S/C12H13BrO.Br2/c1-7-8(2)12(13)5-9-3-4-10(14)6-11(7)9;1-2/h5H,3-4,6H2,1-2H3;. The Balaban J connectivity index is 0.000000606. The molecule has 1 aliphatic rings. The van der Waals surface area contributed by atoms with E-state index in [-0.39, 0.29) is 0 Å². The largest absolute Gasteiger partial charge is 0.299 e. The number of fused-ring (bicyclic) bond motifs is 1. The van der Waals surface area contributed by atoms with E-state index in [1.807, 2.05) is 0 Å². The Morgan fingerprint density at radius 2 is 1.75 bits per heavy atom. The highest BCUT2D eigenvalue weighted by Gasteiger charge is 2.19. The van der Waals surface area contributed by atoms with Crippen LogP contribution in [0.5, 0.6) is 0 Å². The fourth-order valence-corrected chi connectivity index (χ4v) is 2.60. The van der Waals surface area contributed by atoms with Gasteiger partial charge in [-0.25, -0.2) is 0 Å². The van der Waals surface area contributed by atoms with Crippen molar-refractivity contribution in [1.29, 1.82) is 0 Å². The fourth-order valence-electron chi connectivity index (χ4n) is 2.02. The molecule has 0 amide bonds. The van der Waals surface area contributed by atoms with E-state index in [4.69, 9.17) is 0 Å². The second-order valence-corrected chi connectivity index (χ2v) is 4.82. The quantitative estimate of drug-likeness (QED) is 0.597. The predicted octanol–water partition coefficient (Wildman–Crippen LogP) is 4.81. The first-order valence-corrected chi connectivity index (χ1v) is 9.53. The predicted molar refractivity (Wildman–Crippen MR) is 78.5 cm³/mol. The number of hydrogen-bond acceptors (Lipinski definition) is 1. The molecule has 0 saturated heterocycles. The normalized spacial score (nSPS) is 13.9. The van der Waals surface area contributed by atoms with Crippen LogP contribution in [0, 0.1) is 13.8 Å². The van der Waals surface area contributed by atoms with Crippen LogP contribution in [0.4, 0.5) is 0 Å². The maximum absolute atomic E-state index is 11.4. The Hall–Kier alpha value is 0.330. The average Bonchev–Trinajstić information content (AvgIpc) is 2.30. The van der Waals surface area contributed by atoms with E-state index in [1.165, 1.54) is 26.7 Å². The van der Waals surface area contributed by atoms with Crippen LogP contribution in [0.2, 0.25) is 0 Å². The second-order valence-electron chi connectivity index (χ2n) is 3.96. The molecular weight excluding hydrogens is 400 g/mol. The van der Waals surface area contributed by atoms with Crippen LogP contribution in [-0.2, 0) is 17.6 Å². The molecule has 88 valence electrons.